The fourth-order valence-electron chi connectivity index (χ4n) is 2.43. The first-order valence-electron chi connectivity index (χ1n) is 7.91. The largest absolute Gasteiger partial charge is 0.444 e. The average molecular weight is 336 g/mol. The molecule has 4 N–H and O–H groups in total. The summed E-state index contributed by atoms with van der Waals surface area (Å²) in [5, 5.41) is 25.6. The Hall–Kier alpha value is -2.12. The molecular weight excluding hydrogens is 312 g/mol. The molecule has 1 aromatic carbocycles. The molecule has 1 aromatic rings. The van der Waals surface area contributed by atoms with Crippen LogP contribution in [-0.2, 0) is 11.3 Å². The summed E-state index contributed by atoms with van der Waals surface area (Å²) in [4.78, 5) is 23.2. The van der Waals surface area contributed by atoms with Crippen LogP contribution in [0.4, 0.5) is 4.79 Å². The van der Waals surface area contributed by atoms with Crippen molar-refractivity contribution in [1.82, 2.24) is 10.6 Å². The van der Waals surface area contributed by atoms with Crippen LogP contribution in [0.25, 0.3) is 0 Å². The summed E-state index contributed by atoms with van der Waals surface area (Å²) in [6.07, 6.45) is -2.62. The normalized spacial score (nSPS) is 16.1. The van der Waals surface area contributed by atoms with E-state index in [1.54, 1.807) is 39.0 Å². The first-order valence-corrected chi connectivity index (χ1v) is 7.91. The number of aliphatic hydroxyl groups is 2. The third kappa shape index (κ3) is 4.69. The minimum Gasteiger partial charge on any atom is -0.444 e. The van der Waals surface area contributed by atoms with Gasteiger partial charge in [-0.25, -0.2) is 4.79 Å². The SMILES string of the molecule is CC(C)(C)OC(=O)NCCC(O)C(O)c1ccc2c(c1)C(=O)NC2. The topological polar surface area (TPSA) is 108 Å². The van der Waals surface area contributed by atoms with Gasteiger partial charge in [0.2, 0.25) is 0 Å². The van der Waals surface area contributed by atoms with Crippen molar-refractivity contribution in [3.05, 3.63) is 34.9 Å². The number of aliphatic hydroxyl groups excluding tert-OH is 2. The molecule has 0 radical (unpaired) electrons. The number of ether oxygens (including phenoxy) is 1. The second-order valence-corrected chi connectivity index (χ2v) is 6.83. The number of rotatable bonds is 5. The molecule has 1 aliphatic rings. The molecule has 1 aliphatic heterocycles. The van der Waals surface area contributed by atoms with Gasteiger partial charge in [-0.2, -0.15) is 0 Å². The zero-order valence-corrected chi connectivity index (χ0v) is 14.1. The van der Waals surface area contributed by atoms with E-state index in [0.29, 0.717) is 17.7 Å². The van der Waals surface area contributed by atoms with Crippen molar-refractivity contribution in [2.45, 2.75) is 51.5 Å². The van der Waals surface area contributed by atoms with Crippen LogP contribution >= 0.6 is 0 Å². The van der Waals surface area contributed by atoms with Gasteiger partial charge in [0.1, 0.15) is 11.7 Å². The smallest absolute Gasteiger partial charge is 0.407 e. The Morgan fingerprint density at radius 3 is 2.75 bits per heavy atom. The van der Waals surface area contributed by atoms with E-state index >= 15 is 0 Å². The van der Waals surface area contributed by atoms with E-state index in [1.165, 1.54) is 0 Å². The summed E-state index contributed by atoms with van der Waals surface area (Å²) in [6, 6.07) is 5.04. The van der Waals surface area contributed by atoms with Crippen molar-refractivity contribution >= 4 is 12.0 Å². The van der Waals surface area contributed by atoms with Crippen molar-refractivity contribution in [1.29, 1.82) is 0 Å². The van der Waals surface area contributed by atoms with Gasteiger partial charge in [-0.15, -0.1) is 0 Å². The van der Waals surface area contributed by atoms with Crippen molar-refractivity contribution in [3.8, 4) is 0 Å². The summed E-state index contributed by atoms with van der Waals surface area (Å²) < 4.78 is 5.09. The molecule has 132 valence electrons. The van der Waals surface area contributed by atoms with Crippen LogP contribution in [0.1, 0.15) is 54.8 Å². The van der Waals surface area contributed by atoms with Crippen LogP contribution < -0.4 is 10.6 Å². The number of carbonyl (C=O) groups is 2. The fourth-order valence-corrected chi connectivity index (χ4v) is 2.43. The van der Waals surface area contributed by atoms with E-state index in [1.807, 2.05) is 0 Å². The van der Waals surface area contributed by atoms with Crippen LogP contribution in [0.3, 0.4) is 0 Å². The Balaban J connectivity index is 1.86. The maximum absolute atomic E-state index is 11.7. The third-order valence-electron chi connectivity index (χ3n) is 3.63. The van der Waals surface area contributed by atoms with Crippen LogP contribution in [0, 0.1) is 0 Å². The number of hydrogen-bond acceptors (Lipinski definition) is 5. The lowest BCUT2D eigenvalue weighted by Gasteiger charge is -2.21. The fraction of sp³-hybridized carbons (Fsp3) is 0.529. The zero-order valence-electron chi connectivity index (χ0n) is 14.1. The third-order valence-corrected chi connectivity index (χ3v) is 3.63. The van der Waals surface area contributed by atoms with Crippen molar-refractivity contribution < 1.29 is 24.5 Å². The summed E-state index contributed by atoms with van der Waals surface area (Å²) in [5.74, 6) is -0.180. The highest BCUT2D eigenvalue weighted by molar-refractivity contribution is 5.98. The van der Waals surface area contributed by atoms with E-state index in [-0.39, 0.29) is 18.9 Å². The van der Waals surface area contributed by atoms with E-state index in [4.69, 9.17) is 4.74 Å². The molecule has 2 atom stereocenters. The highest BCUT2D eigenvalue weighted by Crippen LogP contribution is 2.24. The molecule has 0 fully saturated rings. The molecule has 0 saturated carbocycles. The second-order valence-electron chi connectivity index (χ2n) is 6.83. The van der Waals surface area contributed by atoms with E-state index in [0.717, 1.165) is 5.56 Å². The quantitative estimate of drug-likeness (QED) is 0.647. The Bertz CT molecular complexity index is 624. The summed E-state index contributed by atoms with van der Waals surface area (Å²) in [6.45, 7) is 5.92. The van der Waals surface area contributed by atoms with Gasteiger partial charge < -0.3 is 25.6 Å². The van der Waals surface area contributed by atoms with Crippen molar-refractivity contribution in [2.24, 2.45) is 0 Å². The molecule has 7 nitrogen and oxygen atoms in total. The molecule has 2 unspecified atom stereocenters. The molecule has 7 heteroatoms. The first-order chi connectivity index (χ1) is 11.2. The molecule has 1 heterocycles. The van der Waals surface area contributed by atoms with Crippen LogP contribution in [-0.4, -0.2) is 40.5 Å². The lowest BCUT2D eigenvalue weighted by molar-refractivity contribution is 0.0122. The molecule has 0 aliphatic carbocycles. The van der Waals surface area contributed by atoms with Gasteiger partial charge >= 0.3 is 6.09 Å². The predicted molar refractivity (Wildman–Crippen MR) is 87.4 cm³/mol. The number of carbonyl (C=O) groups excluding carboxylic acids is 2. The van der Waals surface area contributed by atoms with E-state index < -0.39 is 23.9 Å². The predicted octanol–water partition coefficient (Wildman–Crippen LogP) is 1.24. The lowest BCUT2D eigenvalue weighted by Crippen LogP contribution is -2.34. The second kappa shape index (κ2) is 7.19. The molecule has 0 saturated heterocycles. The van der Waals surface area contributed by atoms with Gasteiger partial charge in [-0.05, 0) is 44.4 Å². The lowest BCUT2D eigenvalue weighted by atomic mass is 9.98. The maximum Gasteiger partial charge on any atom is 0.407 e. The molecule has 0 aromatic heterocycles. The van der Waals surface area contributed by atoms with Crippen molar-refractivity contribution in [3.63, 3.8) is 0 Å². The van der Waals surface area contributed by atoms with Gasteiger partial charge in [0.25, 0.3) is 5.91 Å². The molecule has 2 rings (SSSR count). The highest BCUT2D eigenvalue weighted by Gasteiger charge is 2.24. The Morgan fingerprint density at radius 1 is 1.38 bits per heavy atom. The minimum atomic E-state index is -1.14. The van der Waals surface area contributed by atoms with Gasteiger partial charge in [-0.1, -0.05) is 12.1 Å². The summed E-state index contributed by atoms with van der Waals surface area (Å²) >= 11 is 0. The molecule has 0 spiro atoms. The standard InChI is InChI=1S/C17H24N2O5/c1-17(2,3)24-16(23)18-7-6-13(20)14(21)10-4-5-11-9-19-15(22)12(11)8-10/h4-5,8,13-14,20-21H,6-7,9H2,1-3H3,(H,18,23)(H,19,22). The van der Waals surface area contributed by atoms with E-state index in [9.17, 15) is 19.8 Å². The monoisotopic (exact) mass is 336 g/mol. The van der Waals surface area contributed by atoms with Crippen LogP contribution in [0.2, 0.25) is 0 Å². The Labute approximate surface area is 141 Å². The van der Waals surface area contributed by atoms with Crippen molar-refractivity contribution in [2.75, 3.05) is 6.54 Å². The van der Waals surface area contributed by atoms with Gasteiger partial charge in [0.15, 0.2) is 0 Å². The molecule has 24 heavy (non-hydrogen) atoms. The number of fused-ring (bicyclic) bond motifs is 1. The number of nitrogens with one attached hydrogen (secondary N) is 2. The number of hydrogen-bond donors (Lipinski definition) is 4. The Morgan fingerprint density at radius 2 is 2.08 bits per heavy atom. The molecular formula is C17H24N2O5. The number of amides is 2. The number of benzene rings is 1. The van der Waals surface area contributed by atoms with Gasteiger partial charge in [-0.3, -0.25) is 4.79 Å². The first kappa shape index (κ1) is 18.2. The minimum absolute atomic E-state index is 0.156. The number of alkyl carbamates (subject to hydrolysis) is 1. The van der Waals surface area contributed by atoms with Crippen LogP contribution in [0.15, 0.2) is 18.2 Å². The molecule has 2 amide bonds. The highest BCUT2D eigenvalue weighted by atomic mass is 16.6. The van der Waals surface area contributed by atoms with Crippen LogP contribution in [0.5, 0.6) is 0 Å². The van der Waals surface area contributed by atoms with E-state index in [2.05, 4.69) is 10.6 Å². The average Bonchev–Trinajstić information content (AvgIpc) is 2.85. The summed E-state index contributed by atoms with van der Waals surface area (Å²) in [7, 11) is 0. The Kier molecular flexibility index (Phi) is 5.46. The summed E-state index contributed by atoms with van der Waals surface area (Å²) in [5.41, 5.74) is 1.27. The maximum atomic E-state index is 11.7. The molecule has 0 bridgehead atoms. The van der Waals surface area contributed by atoms with Gasteiger partial charge in [0, 0.05) is 18.7 Å². The zero-order chi connectivity index (χ0) is 17.9. The van der Waals surface area contributed by atoms with Gasteiger partial charge in [0.05, 0.1) is 6.10 Å².